The van der Waals surface area contributed by atoms with Crippen LogP contribution in [0.5, 0.6) is 0 Å². The Hall–Kier alpha value is -0.820. The fourth-order valence-corrected chi connectivity index (χ4v) is 6.47. The van der Waals surface area contributed by atoms with Crippen LogP contribution in [0.25, 0.3) is 0 Å². The molecule has 1 atom stereocenters. The first-order valence-corrected chi connectivity index (χ1v) is 12.4. The molecular formula is C19H36N4O2S. The second-order valence-electron chi connectivity index (χ2n) is 8.27. The van der Waals surface area contributed by atoms with Crippen molar-refractivity contribution >= 4 is 15.8 Å². The average Bonchev–Trinajstić information content (AvgIpc) is 3.00. The van der Waals surface area contributed by atoms with Crippen LogP contribution >= 0.6 is 0 Å². The molecule has 7 heteroatoms. The van der Waals surface area contributed by atoms with Crippen molar-refractivity contribution in [1.82, 2.24) is 15.5 Å². The van der Waals surface area contributed by atoms with Crippen molar-refractivity contribution in [3.63, 3.8) is 0 Å². The van der Waals surface area contributed by atoms with E-state index in [-0.39, 0.29) is 17.3 Å². The first kappa shape index (κ1) is 19.9. The SMILES string of the molecule is CCNC(=NCC1(N2CCCCC2)CCCCC1)NC1CCS(=O)(=O)C1. The molecule has 6 nitrogen and oxygen atoms in total. The van der Waals surface area contributed by atoms with Crippen LogP contribution in [0.1, 0.15) is 64.7 Å². The summed E-state index contributed by atoms with van der Waals surface area (Å²) in [6, 6.07) is -0.00454. The minimum absolute atomic E-state index is 0.00454. The molecule has 2 saturated heterocycles. The Morgan fingerprint density at radius 1 is 1.12 bits per heavy atom. The number of rotatable bonds is 5. The summed E-state index contributed by atoms with van der Waals surface area (Å²) in [4.78, 5) is 7.66. The quantitative estimate of drug-likeness (QED) is 0.560. The molecule has 0 amide bonds. The molecule has 2 heterocycles. The first-order valence-electron chi connectivity index (χ1n) is 10.5. The molecule has 2 aliphatic heterocycles. The second-order valence-corrected chi connectivity index (χ2v) is 10.5. The Labute approximate surface area is 159 Å². The lowest BCUT2D eigenvalue weighted by atomic mass is 9.79. The second kappa shape index (κ2) is 8.91. The van der Waals surface area contributed by atoms with Crippen molar-refractivity contribution in [2.45, 2.75) is 76.3 Å². The van der Waals surface area contributed by atoms with Crippen LogP contribution in [-0.4, -0.2) is 68.5 Å². The zero-order chi connectivity index (χ0) is 18.5. The lowest BCUT2D eigenvalue weighted by Gasteiger charge is -2.47. The molecule has 3 rings (SSSR count). The van der Waals surface area contributed by atoms with Gasteiger partial charge >= 0.3 is 0 Å². The number of likely N-dealkylation sites (tertiary alicyclic amines) is 1. The van der Waals surface area contributed by atoms with E-state index in [1.165, 1.54) is 64.5 Å². The van der Waals surface area contributed by atoms with Gasteiger partial charge in [-0.15, -0.1) is 0 Å². The predicted octanol–water partition coefficient (Wildman–Crippen LogP) is 1.92. The summed E-state index contributed by atoms with van der Waals surface area (Å²) in [7, 11) is -2.87. The summed E-state index contributed by atoms with van der Waals surface area (Å²) in [6.07, 6.45) is 11.1. The van der Waals surface area contributed by atoms with Gasteiger partial charge in [0.1, 0.15) is 0 Å². The van der Waals surface area contributed by atoms with Crippen LogP contribution in [0.2, 0.25) is 0 Å². The summed E-state index contributed by atoms with van der Waals surface area (Å²) in [6.45, 7) is 6.09. The van der Waals surface area contributed by atoms with E-state index >= 15 is 0 Å². The van der Waals surface area contributed by atoms with Crippen molar-refractivity contribution in [2.24, 2.45) is 4.99 Å². The zero-order valence-corrected chi connectivity index (χ0v) is 17.1. The average molecular weight is 385 g/mol. The highest BCUT2D eigenvalue weighted by Gasteiger charge is 2.38. The van der Waals surface area contributed by atoms with Crippen LogP contribution in [-0.2, 0) is 9.84 Å². The van der Waals surface area contributed by atoms with E-state index < -0.39 is 9.84 Å². The summed E-state index contributed by atoms with van der Waals surface area (Å²) < 4.78 is 23.5. The first-order chi connectivity index (χ1) is 12.5. The normalized spacial score (nSPS) is 29.4. The monoisotopic (exact) mass is 384 g/mol. The van der Waals surface area contributed by atoms with Gasteiger partial charge in [0.2, 0.25) is 0 Å². The number of sulfone groups is 1. The van der Waals surface area contributed by atoms with E-state index in [0.29, 0.717) is 12.2 Å². The third-order valence-electron chi connectivity index (χ3n) is 6.26. The molecule has 0 bridgehead atoms. The van der Waals surface area contributed by atoms with Crippen LogP contribution in [0.4, 0.5) is 0 Å². The van der Waals surface area contributed by atoms with Crippen LogP contribution < -0.4 is 10.6 Å². The zero-order valence-electron chi connectivity index (χ0n) is 16.3. The number of guanidine groups is 1. The third kappa shape index (κ3) is 5.12. The summed E-state index contributed by atoms with van der Waals surface area (Å²) in [5.41, 5.74) is 0.211. The van der Waals surface area contributed by atoms with Gasteiger partial charge in [0.05, 0.1) is 18.1 Å². The molecule has 1 saturated carbocycles. The fraction of sp³-hybridized carbons (Fsp3) is 0.947. The van der Waals surface area contributed by atoms with Gasteiger partial charge in [-0.25, -0.2) is 8.42 Å². The van der Waals surface area contributed by atoms with Crippen LogP contribution in [0.3, 0.4) is 0 Å². The Bertz CT molecular complexity index is 578. The van der Waals surface area contributed by atoms with Gasteiger partial charge in [0.15, 0.2) is 15.8 Å². The maximum atomic E-state index is 11.7. The van der Waals surface area contributed by atoms with Gasteiger partial charge in [-0.1, -0.05) is 25.7 Å². The summed E-state index contributed by atoms with van der Waals surface area (Å²) in [5, 5.41) is 6.70. The molecule has 0 spiro atoms. The van der Waals surface area contributed by atoms with Crippen molar-refractivity contribution in [2.75, 3.05) is 37.7 Å². The van der Waals surface area contributed by atoms with Gasteiger partial charge in [0, 0.05) is 18.1 Å². The molecule has 0 radical (unpaired) electrons. The van der Waals surface area contributed by atoms with E-state index in [1.54, 1.807) is 0 Å². The number of hydrogen-bond donors (Lipinski definition) is 2. The number of nitrogens with one attached hydrogen (secondary N) is 2. The van der Waals surface area contributed by atoms with E-state index in [2.05, 4.69) is 22.5 Å². The van der Waals surface area contributed by atoms with Crippen LogP contribution in [0.15, 0.2) is 4.99 Å². The smallest absolute Gasteiger partial charge is 0.191 e. The highest BCUT2D eigenvalue weighted by molar-refractivity contribution is 7.91. The lowest BCUT2D eigenvalue weighted by Crippen LogP contribution is -2.55. The summed E-state index contributed by atoms with van der Waals surface area (Å²) >= 11 is 0. The van der Waals surface area contributed by atoms with Crippen molar-refractivity contribution in [1.29, 1.82) is 0 Å². The topological polar surface area (TPSA) is 73.8 Å². The van der Waals surface area contributed by atoms with E-state index in [9.17, 15) is 8.42 Å². The van der Waals surface area contributed by atoms with E-state index in [0.717, 1.165) is 19.0 Å². The maximum Gasteiger partial charge on any atom is 0.191 e. The molecule has 0 aromatic carbocycles. The van der Waals surface area contributed by atoms with Crippen molar-refractivity contribution in [3.8, 4) is 0 Å². The minimum atomic E-state index is -2.87. The lowest BCUT2D eigenvalue weighted by molar-refractivity contribution is 0.0407. The highest BCUT2D eigenvalue weighted by Crippen LogP contribution is 2.35. The molecule has 2 N–H and O–H groups in total. The van der Waals surface area contributed by atoms with E-state index in [4.69, 9.17) is 4.99 Å². The third-order valence-corrected chi connectivity index (χ3v) is 8.03. The predicted molar refractivity (Wildman–Crippen MR) is 107 cm³/mol. The Kier molecular flexibility index (Phi) is 6.83. The maximum absolute atomic E-state index is 11.7. The molecule has 26 heavy (non-hydrogen) atoms. The van der Waals surface area contributed by atoms with Gasteiger partial charge < -0.3 is 10.6 Å². The van der Waals surface area contributed by atoms with Crippen LogP contribution in [0, 0.1) is 0 Å². The number of piperidine rings is 1. The number of aliphatic imine (C=N–C) groups is 1. The molecular weight excluding hydrogens is 348 g/mol. The molecule has 1 unspecified atom stereocenters. The minimum Gasteiger partial charge on any atom is -0.357 e. The van der Waals surface area contributed by atoms with Crippen molar-refractivity contribution in [3.05, 3.63) is 0 Å². The number of nitrogens with zero attached hydrogens (tertiary/aromatic N) is 2. The molecule has 0 aromatic rings. The Morgan fingerprint density at radius 3 is 2.42 bits per heavy atom. The summed E-state index contributed by atoms with van der Waals surface area (Å²) in [5.74, 6) is 1.31. The van der Waals surface area contributed by atoms with Gasteiger partial charge in [-0.05, 0) is 52.1 Å². The van der Waals surface area contributed by atoms with E-state index in [1.807, 2.05) is 0 Å². The van der Waals surface area contributed by atoms with Gasteiger partial charge in [-0.3, -0.25) is 9.89 Å². The number of hydrogen-bond acceptors (Lipinski definition) is 4. The standard InChI is InChI=1S/C19H36N4O2S/c1-2-20-18(22-17-9-14-26(24,25)15-17)21-16-19(10-5-3-6-11-19)23-12-7-4-8-13-23/h17H,2-16H2,1H3,(H2,20,21,22). The highest BCUT2D eigenvalue weighted by atomic mass is 32.2. The van der Waals surface area contributed by atoms with Gasteiger partial charge in [-0.2, -0.15) is 0 Å². The molecule has 3 fully saturated rings. The molecule has 0 aromatic heterocycles. The largest absolute Gasteiger partial charge is 0.357 e. The van der Waals surface area contributed by atoms with Crippen molar-refractivity contribution < 1.29 is 8.42 Å². The molecule has 3 aliphatic rings. The Balaban J connectivity index is 1.68. The molecule has 150 valence electrons. The fourth-order valence-electron chi connectivity index (χ4n) is 4.80. The molecule has 1 aliphatic carbocycles. The Morgan fingerprint density at radius 2 is 1.81 bits per heavy atom. The van der Waals surface area contributed by atoms with Gasteiger partial charge in [0.25, 0.3) is 0 Å².